The maximum absolute atomic E-state index is 12.5. The van der Waals surface area contributed by atoms with Crippen molar-refractivity contribution in [1.29, 1.82) is 0 Å². The van der Waals surface area contributed by atoms with E-state index in [9.17, 15) is 4.79 Å². The number of piperidine rings is 1. The van der Waals surface area contributed by atoms with Crippen LogP contribution in [0.1, 0.15) is 58.6 Å². The van der Waals surface area contributed by atoms with E-state index in [1.807, 2.05) is 17.0 Å². The first-order valence-corrected chi connectivity index (χ1v) is 10.5. The highest BCUT2D eigenvalue weighted by atomic mass is 127. The van der Waals surface area contributed by atoms with Gasteiger partial charge in [0.25, 0.3) is 0 Å². The van der Waals surface area contributed by atoms with Crippen LogP contribution in [0.15, 0.2) is 27.8 Å². The molecular formula is C21H37IN4O2. The largest absolute Gasteiger partial charge is 0.469 e. The molecule has 1 aliphatic rings. The Labute approximate surface area is 186 Å². The zero-order chi connectivity index (χ0) is 19.5. The van der Waals surface area contributed by atoms with Gasteiger partial charge in [-0.05, 0) is 44.2 Å². The second-order valence-electron chi connectivity index (χ2n) is 7.24. The molecule has 1 amide bonds. The zero-order valence-electron chi connectivity index (χ0n) is 17.6. The predicted molar refractivity (Wildman–Crippen MR) is 125 cm³/mol. The molecule has 2 heterocycles. The molecule has 2 N–H and O–H groups in total. The van der Waals surface area contributed by atoms with Crippen molar-refractivity contribution in [1.82, 2.24) is 15.5 Å². The molecule has 0 radical (unpaired) electrons. The Morgan fingerprint density at radius 1 is 1.29 bits per heavy atom. The normalized spacial score (nSPS) is 15.4. The van der Waals surface area contributed by atoms with E-state index in [1.54, 1.807) is 6.26 Å². The van der Waals surface area contributed by atoms with E-state index in [2.05, 4.69) is 36.4 Å². The van der Waals surface area contributed by atoms with Crippen LogP contribution in [-0.2, 0) is 11.2 Å². The van der Waals surface area contributed by atoms with Crippen molar-refractivity contribution in [3.8, 4) is 0 Å². The second-order valence-corrected chi connectivity index (χ2v) is 7.24. The molecule has 0 aliphatic carbocycles. The Morgan fingerprint density at radius 3 is 2.57 bits per heavy atom. The molecule has 1 fully saturated rings. The third-order valence-electron chi connectivity index (χ3n) is 5.22. The molecule has 7 heteroatoms. The smallest absolute Gasteiger partial charge is 0.225 e. The quantitative estimate of drug-likeness (QED) is 0.305. The minimum atomic E-state index is 0. The van der Waals surface area contributed by atoms with Crippen molar-refractivity contribution in [2.75, 3.05) is 26.2 Å². The van der Waals surface area contributed by atoms with Crippen LogP contribution in [0.5, 0.6) is 0 Å². The lowest BCUT2D eigenvalue weighted by Crippen LogP contribution is -2.51. The van der Waals surface area contributed by atoms with Crippen LogP contribution in [-0.4, -0.2) is 49.0 Å². The van der Waals surface area contributed by atoms with E-state index in [4.69, 9.17) is 4.42 Å². The number of aliphatic imine (C=N–C) groups is 1. The molecule has 2 rings (SSSR count). The van der Waals surface area contributed by atoms with Crippen LogP contribution in [0.25, 0.3) is 0 Å². The fourth-order valence-corrected chi connectivity index (χ4v) is 3.47. The molecular weight excluding hydrogens is 467 g/mol. The molecule has 1 aliphatic heterocycles. The molecule has 0 atom stereocenters. The summed E-state index contributed by atoms with van der Waals surface area (Å²) in [6.07, 6.45) is 7.36. The summed E-state index contributed by atoms with van der Waals surface area (Å²) in [6.45, 7) is 9.60. The third-order valence-corrected chi connectivity index (χ3v) is 5.22. The Hall–Kier alpha value is -1.25. The molecule has 0 aromatic carbocycles. The molecule has 0 spiro atoms. The highest BCUT2D eigenvalue weighted by Crippen LogP contribution is 2.17. The molecule has 0 bridgehead atoms. The van der Waals surface area contributed by atoms with E-state index in [0.29, 0.717) is 11.9 Å². The van der Waals surface area contributed by atoms with E-state index >= 15 is 0 Å². The average molecular weight is 504 g/mol. The van der Waals surface area contributed by atoms with Crippen LogP contribution in [0.2, 0.25) is 0 Å². The summed E-state index contributed by atoms with van der Waals surface area (Å²) >= 11 is 0. The monoisotopic (exact) mass is 504 g/mol. The van der Waals surface area contributed by atoms with Gasteiger partial charge >= 0.3 is 0 Å². The van der Waals surface area contributed by atoms with Crippen LogP contribution in [0.3, 0.4) is 0 Å². The van der Waals surface area contributed by atoms with Gasteiger partial charge in [-0.2, -0.15) is 0 Å². The van der Waals surface area contributed by atoms with Crippen molar-refractivity contribution in [2.24, 2.45) is 10.9 Å². The highest BCUT2D eigenvalue weighted by molar-refractivity contribution is 14.0. The number of rotatable bonds is 9. The molecule has 1 aromatic rings. The lowest BCUT2D eigenvalue weighted by molar-refractivity contribution is -0.136. The summed E-state index contributed by atoms with van der Waals surface area (Å²) in [5.41, 5.74) is 0. The van der Waals surface area contributed by atoms with Crippen molar-refractivity contribution >= 4 is 35.8 Å². The topological polar surface area (TPSA) is 69.9 Å². The van der Waals surface area contributed by atoms with Crippen molar-refractivity contribution in [3.63, 3.8) is 0 Å². The van der Waals surface area contributed by atoms with Crippen LogP contribution in [0.4, 0.5) is 0 Å². The fraction of sp³-hybridized carbons (Fsp3) is 0.714. The number of hydrogen-bond acceptors (Lipinski definition) is 3. The number of furan rings is 1. The van der Waals surface area contributed by atoms with E-state index in [1.165, 1.54) is 0 Å². The first-order valence-electron chi connectivity index (χ1n) is 10.5. The number of likely N-dealkylation sites (tertiary alicyclic amines) is 1. The summed E-state index contributed by atoms with van der Waals surface area (Å²) in [5.74, 6) is 2.35. The number of nitrogens with one attached hydrogen (secondary N) is 2. The Kier molecular flexibility index (Phi) is 12.3. The first-order chi connectivity index (χ1) is 13.2. The summed E-state index contributed by atoms with van der Waals surface area (Å²) in [7, 11) is 0. The molecule has 0 unspecified atom stereocenters. The van der Waals surface area contributed by atoms with Gasteiger partial charge in [-0.25, -0.2) is 0 Å². The van der Waals surface area contributed by atoms with Gasteiger partial charge in [-0.3, -0.25) is 9.79 Å². The number of carbonyl (C=O) groups excluding carboxylic acids is 1. The first kappa shape index (κ1) is 24.8. The van der Waals surface area contributed by atoms with E-state index < -0.39 is 0 Å². The molecule has 1 saturated heterocycles. The van der Waals surface area contributed by atoms with Gasteiger partial charge in [0.2, 0.25) is 5.91 Å². The Balaban J connectivity index is 0.00000392. The number of halogens is 1. The fourth-order valence-electron chi connectivity index (χ4n) is 3.47. The van der Waals surface area contributed by atoms with Gasteiger partial charge < -0.3 is 20.0 Å². The summed E-state index contributed by atoms with van der Waals surface area (Å²) in [4.78, 5) is 19.2. The van der Waals surface area contributed by atoms with Gasteiger partial charge in [0.1, 0.15) is 5.76 Å². The molecule has 1 aromatic heterocycles. The maximum Gasteiger partial charge on any atom is 0.225 e. The van der Waals surface area contributed by atoms with Gasteiger partial charge in [0, 0.05) is 44.6 Å². The number of hydrogen-bond donors (Lipinski definition) is 2. The average Bonchev–Trinajstić information content (AvgIpc) is 3.21. The highest BCUT2D eigenvalue weighted by Gasteiger charge is 2.26. The van der Waals surface area contributed by atoms with Crippen LogP contribution in [0, 0.1) is 5.92 Å². The molecule has 160 valence electrons. The molecule has 28 heavy (non-hydrogen) atoms. The standard InChI is InChI=1S/C21H36N4O2.HI/c1-4-12-22-21(23-13-9-19-8-7-16-27-19)24-18-10-14-25(15-11-18)20(26)17(5-2)6-3;/h7-8,16-18H,4-6,9-15H2,1-3H3,(H2,22,23,24);1H. The van der Waals surface area contributed by atoms with Gasteiger partial charge in [0.15, 0.2) is 5.96 Å². The number of guanidine groups is 1. The second kappa shape index (κ2) is 13.8. The third kappa shape index (κ3) is 8.01. The van der Waals surface area contributed by atoms with Crippen LogP contribution < -0.4 is 10.6 Å². The maximum atomic E-state index is 12.5. The predicted octanol–water partition coefficient (Wildman–Crippen LogP) is 3.81. The molecule has 6 nitrogen and oxygen atoms in total. The Morgan fingerprint density at radius 2 is 2.00 bits per heavy atom. The summed E-state index contributed by atoms with van der Waals surface area (Å²) in [5, 5.41) is 6.97. The lowest BCUT2D eigenvalue weighted by atomic mass is 9.98. The summed E-state index contributed by atoms with van der Waals surface area (Å²) < 4.78 is 5.38. The van der Waals surface area contributed by atoms with Crippen molar-refractivity contribution in [3.05, 3.63) is 24.2 Å². The van der Waals surface area contributed by atoms with E-state index in [-0.39, 0.29) is 29.9 Å². The Bertz CT molecular complexity index is 565. The SMILES string of the molecule is CCCN=C(NCCc1ccco1)NC1CCN(C(=O)C(CC)CC)CC1.I. The lowest BCUT2D eigenvalue weighted by Gasteiger charge is -2.35. The number of nitrogens with zero attached hydrogens (tertiary/aromatic N) is 2. The minimum absolute atomic E-state index is 0. The van der Waals surface area contributed by atoms with Gasteiger partial charge in [-0.1, -0.05) is 20.8 Å². The number of amides is 1. The van der Waals surface area contributed by atoms with Crippen molar-refractivity contribution in [2.45, 2.75) is 65.3 Å². The molecule has 0 saturated carbocycles. The van der Waals surface area contributed by atoms with E-state index in [0.717, 1.165) is 76.4 Å². The van der Waals surface area contributed by atoms with Gasteiger partial charge in [-0.15, -0.1) is 24.0 Å². The van der Waals surface area contributed by atoms with Crippen molar-refractivity contribution < 1.29 is 9.21 Å². The van der Waals surface area contributed by atoms with Crippen LogP contribution >= 0.6 is 24.0 Å². The summed E-state index contributed by atoms with van der Waals surface area (Å²) in [6, 6.07) is 4.27. The minimum Gasteiger partial charge on any atom is -0.469 e. The number of carbonyl (C=O) groups is 1. The van der Waals surface area contributed by atoms with Gasteiger partial charge in [0.05, 0.1) is 6.26 Å². The zero-order valence-corrected chi connectivity index (χ0v) is 19.9.